The Balaban J connectivity index is 1.01. The molecule has 2 aliphatic rings. The van der Waals surface area contributed by atoms with Crippen LogP contribution in [0.1, 0.15) is 0 Å². The molecule has 0 aliphatic carbocycles. The lowest BCUT2D eigenvalue weighted by Crippen LogP contribution is -1.99. The molecule has 0 saturated heterocycles. The minimum Gasteiger partial charge on any atom is -0.437 e. The van der Waals surface area contributed by atoms with Crippen LogP contribution in [0.15, 0.2) is 191 Å². The number of benzene rings is 4. The van der Waals surface area contributed by atoms with Gasteiger partial charge in [-0.3, -0.25) is 0 Å². The standard InChI is InChI=1S/C64H34N16O4S4/c1-5-17-33(18-6-1)81-61-41(37-25-13-29-85-37)65-45-49(69-61)57-73-53(45)78-58-51-47(67-43(39-27-15-31-87-39)63(71-51)83-35-21-9-3-10-22-35)55(75-58)80-60-52-48(68-44(40-28-16-32-88-40)64(72-52)84-36-23-11-4-12-24-36)56(76-60)79-59-50-46(54(74-59)77-57)66-42(38-26-14-30-86-38)62(70-50)82-34-19-7-2-8-20-34/h1-32H,(H2,73,74,75,76,77,78,79,80). The highest BCUT2D eigenvalue weighted by molar-refractivity contribution is 7.14. The summed E-state index contributed by atoms with van der Waals surface area (Å²) in [6.07, 6.45) is 0. The number of hydrogen-bond donors (Lipinski definition) is 2. The lowest BCUT2D eigenvalue weighted by atomic mass is 10.2. The van der Waals surface area contributed by atoms with Gasteiger partial charge in [0.05, 0.1) is 19.5 Å². The predicted octanol–water partition coefficient (Wildman–Crippen LogP) is 16.1. The Morgan fingerprint density at radius 3 is 0.773 bits per heavy atom. The van der Waals surface area contributed by atoms with Gasteiger partial charge in [-0.25, -0.2) is 69.8 Å². The molecule has 11 aromatic heterocycles. The third kappa shape index (κ3) is 9.28. The van der Waals surface area contributed by atoms with E-state index in [0.29, 0.717) is 56.8 Å². The maximum absolute atomic E-state index is 6.61. The van der Waals surface area contributed by atoms with Gasteiger partial charge in [-0.2, -0.15) is 0 Å². The second kappa shape index (κ2) is 21.3. The highest BCUT2D eigenvalue weighted by Gasteiger charge is 2.32. The van der Waals surface area contributed by atoms with Gasteiger partial charge < -0.3 is 28.9 Å². The van der Waals surface area contributed by atoms with Crippen LogP contribution < -0.4 is 18.9 Å². The highest BCUT2D eigenvalue weighted by atomic mass is 32.1. The maximum Gasteiger partial charge on any atom is 0.247 e. The van der Waals surface area contributed by atoms with E-state index in [1.807, 2.05) is 191 Å². The first-order chi connectivity index (χ1) is 43.5. The van der Waals surface area contributed by atoms with Crippen molar-refractivity contribution in [2.24, 2.45) is 0 Å². The van der Waals surface area contributed by atoms with E-state index in [0.717, 1.165) is 19.5 Å². The van der Waals surface area contributed by atoms with Crippen molar-refractivity contribution in [2.45, 2.75) is 0 Å². The number of nitrogens with zero attached hydrogens (tertiary/aromatic N) is 14. The summed E-state index contributed by atoms with van der Waals surface area (Å²) >= 11 is 5.93. The molecular weight excluding hydrogens is 1190 g/mol. The lowest BCUT2D eigenvalue weighted by molar-refractivity contribution is 0.463. The van der Waals surface area contributed by atoms with Crippen LogP contribution in [0.25, 0.3) is 133 Å². The largest absolute Gasteiger partial charge is 0.437 e. The third-order valence-corrected chi connectivity index (χ3v) is 17.3. The zero-order valence-corrected chi connectivity index (χ0v) is 48.3. The Morgan fingerprint density at radius 2 is 0.489 bits per heavy atom. The Kier molecular flexibility index (Phi) is 12.3. The summed E-state index contributed by atoms with van der Waals surface area (Å²) in [5.41, 5.74) is 4.92. The minimum absolute atomic E-state index is 0.110. The number of aromatic amines is 2. The van der Waals surface area contributed by atoms with E-state index in [9.17, 15) is 0 Å². The second-order valence-electron chi connectivity index (χ2n) is 19.5. The summed E-state index contributed by atoms with van der Waals surface area (Å²) in [7, 11) is 0. The molecule has 20 nitrogen and oxygen atoms in total. The van der Waals surface area contributed by atoms with Crippen LogP contribution in [0, 0.1) is 0 Å². The fourth-order valence-corrected chi connectivity index (χ4v) is 12.7. The second-order valence-corrected chi connectivity index (χ2v) is 23.3. The van der Waals surface area contributed by atoms with Gasteiger partial charge in [0.1, 0.15) is 90.6 Å². The fourth-order valence-electron chi connectivity index (χ4n) is 9.88. The van der Waals surface area contributed by atoms with Crippen molar-refractivity contribution < 1.29 is 18.9 Å². The van der Waals surface area contributed by atoms with Crippen LogP contribution in [0.4, 0.5) is 0 Å². The van der Waals surface area contributed by atoms with E-state index >= 15 is 0 Å². The molecule has 17 rings (SSSR count). The first-order valence-corrected chi connectivity index (χ1v) is 30.6. The van der Waals surface area contributed by atoms with E-state index in [-0.39, 0.29) is 103 Å². The smallest absolute Gasteiger partial charge is 0.247 e. The predicted molar refractivity (Wildman–Crippen MR) is 338 cm³/mol. The molecule has 0 atom stereocenters. The van der Waals surface area contributed by atoms with E-state index in [1.165, 1.54) is 45.3 Å². The quantitative estimate of drug-likeness (QED) is 0.115. The van der Waals surface area contributed by atoms with Gasteiger partial charge in [-0.15, -0.1) is 45.3 Å². The monoisotopic (exact) mass is 1220 g/mol. The van der Waals surface area contributed by atoms with Crippen LogP contribution in [-0.2, 0) is 0 Å². The number of ether oxygens (including phenoxy) is 4. The first-order valence-electron chi connectivity index (χ1n) is 27.1. The molecule has 418 valence electrons. The molecule has 0 spiro atoms. The zero-order valence-electron chi connectivity index (χ0n) is 45.0. The van der Waals surface area contributed by atoms with E-state index in [4.69, 9.17) is 88.7 Å². The average molecular weight is 1220 g/mol. The minimum atomic E-state index is 0.110. The number of nitrogens with one attached hydrogen (secondary N) is 2. The summed E-state index contributed by atoms with van der Waals surface area (Å²) in [6.45, 7) is 0. The van der Waals surface area contributed by atoms with Gasteiger partial charge in [0.2, 0.25) is 23.5 Å². The molecule has 0 fully saturated rings. The normalized spacial score (nSPS) is 11.6. The number of thiophene rings is 4. The van der Waals surface area contributed by atoms with Crippen molar-refractivity contribution in [1.29, 1.82) is 0 Å². The summed E-state index contributed by atoms with van der Waals surface area (Å²) in [6, 6.07) is 53.1. The van der Waals surface area contributed by atoms with Gasteiger partial charge >= 0.3 is 0 Å². The number of aromatic nitrogens is 16. The average Bonchev–Trinajstić information content (AvgIpc) is 1.76. The van der Waals surface area contributed by atoms with Crippen molar-refractivity contribution in [3.8, 4) is 135 Å². The third-order valence-electron chi connectivity index (χ3n) is 13.8. The highest BCUT2D eigenvalue weighted by Crippen LogP contribution is 2.45. The summed E-state index contributed by atoms with van der Waals surface area (Å²) in [4.78, 5) is 84.0. The molecule has 24 heteroatoms. The molecule has 8 bridgehead atoms. The molecule has 4 aromatic carbocycles. The molecule has 0 amide bonds. The summed E-state index contributed by atoms with van der Waals surface area (Å²) in [5.74, 6) is 3.50. The molecule has 15 aromatic rings. The van der Waals surface area contributed by atoms with Gasteiger partial charge in [-0.05, 0) is 94.3 Å². The number of para-hydroxylation sites is 4. The lowest BCUT2D eigenvalue weighted by Gasteiger charge is -2.10. The van der Waals surface area contributed by atoms with Gasteiger partial charge in [0.25, 0.3) is 0 Å². The molecule has 13 heterocycles. The van der Waals surface area contributed by atoms with Crippen LogP contribution >= 0.6 is 45.3 Å². The Hall–Kier alpha value is -11.4. The number of H-pyrrole nitrogens is 2. The van der Waals surface area contributed by atoms with Crippen LogP contribution in [0.2, 0.25) is 0 Å². The SMILES string of the molecule is c1ccc(Oc2nc3c(nc2-c2cccs2)-c2nc-3nc3[nH]c(nc4nc(nc5[nH]c(n2)c2nc(Oc6ccccc6)c(-c6cccs6)nc52)-c2nc(Oc5ccccc5)c(-c5cccs5)nc2-4)c2nc(Oc4ccccc4)c(-c4cccs4)nc32)cc1. The van der Waals surface area contributed by atoms with Crippen LogP contribution in [0.3, 0.4) is 0 Å². The van der Waals surface area contributed by atoms with Crippen molar-refractivity contribution in [3.63, 3.8) is 0 Å². The van der Waals surface area contributed by atoms with E-state index in [2.05, 4.69) is 9.97 Å². The Morgan fingerprint density at radius 1 is 0.227 bits per heavy atom. The molecular formula is C64H34N16O4S4. The van der Waals surface area contributed by atoms with Crippen molar-refractivity contribution in [1.82, 2.24) is 79.7 Å². The molecule has 2 N–H and O–H groups in total. The van der Waals surface area contributed by atoms with Crippen molar-refractivity contribution in [3.05, 3.63) is 191 Å². The number of rotatable bonds is 12. The van der Waals surface area contributed by atoms with Gasteiger partial charge in [0, 0.05) is 0 Å². The van der Waals surface area contributed by atoms with Crippen molar-refractivity contribution >= 4 is 90.0 Å². The number of fused-ring (bicyclic) bond motifs is 20. The van der Waals surface area contributed by atoms with Crippen LogP contribution in [0.5, 0.6) is 46.5 Å². The maximum atomic E-state index is 6.61. The van der Waals surface area contributed by atoms with E-state index < -0.39 is 0 Å². The van der Waals surface area contributed by atoms with Gasteiger partial charge in [0.15, 0.2) is 45.9 Å². The first kappa shape index (κ1) is 51.0. The Bertz CT molecular complexity index is 5000. The van der Waals surface area contributed by atoms with Crippen LogP contribution in [-0.4, -0.2) is 79.7 Å². The Labute approximate surface area is 511 Å². The van der Waals surface area contributed by atoms with E-state index in [1.54, 1.807) is 0 Å². The summed E-state index contributed by atoms with van der Waals surface area (Å²) in [5, 5.41) is 7.85. The van der Waals surface area contributed by atoms with Crippen molar-refractivity contribution in [2.75, 3.05) is 0 Å². The molecule has 0 radical (unpaired) electrons. The number of hydrogen-bond acceptors (Lipinski definition) is 22. The molecule has 0 saturated carbocycles. The molecule has 0 unspecified atom stereocenters. The zero-order chi connectivity index (χ0) is 58.1. The molecule has 2 aliphatic heterocycles. The topological polar surface area (TPSA) is 249 Å². The molecule has 88 heavy (non-hydrogen) atoms. The fraction of sp³-hybridized carbons (Fsp3) is 0. The van der Waals surface area contributed by atoms with Gasteiger partial charge in [-0.1, -0.05) is 97.1 Å². The summed E-state index contributed by atoms with van der Waals surface area (Å²) < 4.78 is 26.4.